The molecule has 0 radical (unpaired) electrons. The Labute approximate surface area is 135 Å². The number of nitrogens with one attached hydrogen (secondary N) is 2. The molecule has 2 N–H and O–H groups in total. The van der Waals surface area contributed by atoms with Crippen molar-refractivity contribution < 1.29 is 14.3 Å². The summed E-state index contributed by atoms with van der Waals surface area (Å²) in [6.45, 7) is 2.02. The highest BCUT2D eigenvalue weighted by Crippen LogP contribution is 2.28. The standard InChI is InChI=1S/C18H20N2O3/c1-13-6-4-5-7-14(13)10-11-19-18(21)20-16-9-8-15(22-2)12-17(16)23-3/h4-12H,1-3H3,(H2,19,20,21)/b11-10+. The molecule has 2 aromatic rings. The highest BCUT2D eigenvalue weighted by molar-refractivity contribution is 5.92. The van der Waals surface area contributed by atoms with Crippen molar-refractivity contribution in [2.45, 2.75) is 6.92 Å². The second-order valence-electron chi connectivity index (χ2n) is 4.85. The molecule has 5 heteroatoms. The lowest BCUT2D eigenvalue weighted by Crippen LogP contribution is -2.24. The summed E-state index contributed by atoms with van der Waals surface area (Å²) in [6, 6.07) is 12.8. The number of amides is 2. The number of aryl methyl sites for hydroxylation is 1. The van der Waals surface area contributed by atoms with E-state index in [0.29, 0.717) is 17.2 Å². The predicted octanol–water partition coefficient (Wildman–Crippen LogP) is 3.80. The normalized spacial score (nSPS) is 10.4. The van der Waals surface area contributed by atoms with E-state index in [2.05, 4.69) is 10.6 Å². The van der Waals surface area contributed by atoms with Crippen LogP contribution in [-0.4, -0.2) is 20.3 Å². The van der Waals surface area contributed by atoms with Gasteiger partial charge in [-0.2, -0.15) is 0 Å². The monoisotopic (exact) mass is 312 g/mol. The number of rotatable bonds is 5. The van der Waals surface area contributed by atoms with Gasteiger partial charge in [0.2, 0.25) is 0 Å². The highest BCUT2D eigenvalue weighted by atomic mass is 16.5. The Balaban J connectivity index is 1.99. The molecule has 0 fully saturated rings. The van der Waals surface area contributed by atoms with Gasteiger partial charge >= 0.3 is 6.03 Å². The number of ether oxygens (including phenoxy) is 2. The van der Waals surface area contributed by atoms with Crippen molar-refractivity contribution in [1.29, 1.82) is 0 Å². The summed E-state index contributed by atoms with van der Waals surface area (Å²) in [5.74, 6) is 1.19. The third kappa shape index (κ3) is 4.51. The molecule has 0 bridgehead atoms. The lowest BCUT2D eigenvalue weighted by Gasteiger charge is -2.11. The minimum absolute atomic E-state index is 0.349. The largest absolute Gasteiger partial charge is 0.497 e. The minimum Gasteiger partial charge on any atom is -0.497 e. The molecule has 0 saturated heterocycles. The van der Waals surface area contributed by atoms with Crippen molar-refractivity contribution in [2.24, 2.45) is 0 Å². The predicted molar refractivity (Wildman–Crippen MR) is 91.9 cm³/mol. The van der Waals surface area contributed by atoms with Crippen LogP contribution in [0.15, 0.2) is 48.7 Å². The maximum Gasteiger partial charge on any atom is 0.323 e. The number of hydrogen-bond acceptors (Lipinski definition) is 3. The molecule has 120 valence electrons. The average molecular weight is 312 g/mol. The van der Waals surface area contributed by atoms with Crippen LogP contribution in [0.5, 0.6) is 11.5 Å². The maximum atomic E-state index is 11.9. The number of carbonyl (C=O) groups is 1. The summed E-state index contributed by atoms with van der Waals surface area (Å²) in [7, 11) is 3.11. The van der Waals surface area contributed by atoms with E-state index < -0.39 is 0 Å². The van der Waals surface area contributed by atoms with E-state index in [1.165, 1.54) is 7.11 Å². The Kier molecular flexibility index (Phi) is 5.63. The second kappa shape index (κ2) is 7.89. The molecule has 5 nitrogen and oxygen atoms in total. The summed E-state index contributed by atoms with van der Waals surface area (Å²) >= 11 is 0. The number of hydrogen-bond donors (Lipinski definition) is 2. The van der Waals surface area contributed by atoms with Gasteiger partial charge in [0.05, 0.1) is 19.9 Å². The third-order valence-electron chi connectivity index (χ3n) is 3.32. The summed E-state index contributed by atoms with van der Waals surface area (Å²) in [4.78, 5) is 11.9. The second-order valence-corrected chi connectivity index (χ2v) is 4.85. The summed E-state index contributed by atoms with van der Waals surface area (Å²) in [5.41, 5.74) is 2.76. The van der Waals surface area contributed by atoms with Crippen LogP contribution in [0, 0.1) is 6.92 Å². The summed E-state index contributed by atoms with van der Waals surface area (Å²) < 4.78 is 10.4. The van der Waals surface area contributed by atoms with Gasteiger partial charge in [-0.3, -0.25) is 0 Å². The Morgan fingerprint density at radius 2 is 1.87 bits per heavy atom. The third-order valence-corrected chi connectivity index (χ3v) is 3.32. The van der Waals surface area contributed by atoms with Gasteiger partial charge in [0.15, 0.2) is 0 Å². The Morgan fingerprint density at radius 1 is 1.09 bits per heavy atom. The van der Waals surface area contributed by atoms with E-state index in [-0.39, 0.29) is 6.03 Å². The molecule has 0 aliphatic carbocycles. The minimum atomic E-state index is -0.349. The van der Waals surface area contributed by atoms with E-state index in [1.54, 1.807) is 31.5 Å². The molecule has 2 rings (SSSR count). The molecule has 0 unspecified atom stereocenters. The van der Waals surface area contributed by atoms with Gasteiger partial charge in [0, 0.05) is 12.3 Å². The fraction of sp³-hybridized carbons (Fsp3) is 0.167. The molecule has 0 spiro atoms. The fourth-order valence-electron chi connectivity index (χ4n) is 2.04. The van der Waals surface area contributed by atoms with Crippen LogP contribution >= 0.6 is 0 Å². The molecule has 2 amide bonds. The molecule has 0 aliphatic heterocycles. The summed E-state index contributed by atoms with van der Waals surface area (Å²) in [6.07, 6.45) is 3.45. The zero-order valence-electron chi connectivity index (χ0n) is 13.4. The first-order valence-electron chi connectivity index (χ1n) is 7.15. The molecule has 0 aliphatic rings. The first-order valence-corrected chi connectivity index (χ1v) is 7.15. The molecule has 0 saturated carbocycles. The Bertz CT molecular complexity index is 711. The van der Waals surface area contributed by atoms with Gasteiger partial charge in [0.25, 0.3) is 0 Å². The van der Waals surface area contributed by atoms with Crippen LogP contribution in [0.4, 0.5) is 10.5 Å². The van der Waals surface area contributed by atoms with Gasteiger partial charge < -0.3 is 20.1 Å². The van der Waals surface area contributed by atoms with E-state index in [9.17, 15) is 4.79 Å². The van der Waals surface area contributed by atoms with Gasteiger partial charge in [-0.15, -0.1) is 0 Å². The van der Waals surface area contributed by atoms with E-state index in [0.717, 1.165) is 11.1 Å². The van der Waals surface area contributed by atoms with Gasteiger partial charge in [-0.05, 0) is 36.3 Å². The van der Waals surface area contributed by atoms with Crippen LogP contribution in [0.2, 0.25) is 0 Å². The Morgan fingerprint density at radius 3 is 2.57 bits per heavy atom. The first kappa shape index (κ1) is 16.4. The number of benzene rings is 2. The number of carbonyl (C=O) groups excluding carboxylic acids is 1. The van der Waals surface area contributed by atoms with Gasteiger partial charge in [-0.1, -0.05) is 24.3 Å². The van der Waals surface area contributed by atoms with Crippen LogP contribution in [0.3, 0.4) is 0 Å². The van der Waals surface area contributed by atoms with Gasteiger partial charge in [0.1, 0.15) is 11.5 Å². The van der Waals surface area contributed by atoms with Crippen molar-refractivity contribution in [2.75, 3.05) is 19.5 Å². The molecule has 2 aromatic carbocycles. The van der Waals surface area contributed by atoms with E-state index >= 15 is 0 Å². The topological polar surface area (TPSA) is 59.6 Å². The molecular formula is C18H20N2O3. The van der Waals surface area contributed by atoms with E-state index in [4.69, 9.17) is 9.47 Å². The van der Waals surface area contributed by atoms with Crippen molar-refractivity contribution in [3.05, 3.63) is 59.8 Å². The van der Waals surface area contributed by atoms with Crippen molar-refractivity contribution in [3.63, 3.8) is 0 Å². The van der Waals surface area contributed by atoms with E-state index in [1.807, 2.05) is 37.3 Å². The number of anilines is 1. The SMILES string of the molecule is COc1ccc(NC(=O)N/C=C/c2ccccc2C)c(OC)c1. The summed E-state index contributed by atoms with van der Waals surface area (Å²) in [5, 5.41) is 5.40. The van der Waals surface area contributed by atoms with Crippen LogP contribution < -0.4 is 20.1 Å². The smallest absolute Gasteiger partial charge is 0.323 e. The zero-order valence-corrected chi connectivity index (χ0v) is 13.4. The average Bonchev–Trinajstić information content (AvgIpc) is 2.57. The molecule has 0 aromatic heterocycles. The lowest BCUT2D eigenvalue weighted by atomic mass is 10.1. The van der Waals surface area contributed by atoms with Crippen molar-refractivity contribution >= 4 is 17.8 Å². The van der Waals surface area contributed by atoms with Crippen LogP contribution in [-0.2, 0) is 0 Å². The molecule has 23 heavy (non-hydrogen) atoms. The molecular weight excluding hydrogens is 292 g/mol. The van der Waals surface area contributed by atoms with Crippen LogP contribution in [0.25, 0.3) is 6.08 Å². The molecule has 0 heterocycles. The van der Waals surface area contributed by atoms with Crippen molar-refractivity contribution in [3.8, 4) is 11.5 Å². The van der Waals surface area contributed by atoms with Crippen molar-refractivity contribution in [1.82, 2.24) is 5.32 Å². The highest BCUT2D eigenvalue weighted by Gasteiger charge is 2.07. The van der Waals surface area contributed by atoms with Crippen LogP contribution in [0.1, 0.15) is 11.1 Å². The lowest BCUT2D eigenvalue weighted by molar-refractivity contribution is 0.255. The maximum absolute atomic E-state index is 11.9. The number of methoxy groups -OCH3 is 2. The quantitative estimate of drug-likeness (QED) is 0.882. The zero-order chi connectivity index (χ0) is 16.7. The Hall–Kier alpha value is -2.95. The molecule has 0 atom stereocenters. The first-order chi connectivity index (χ1) is 11.1. The fourth-order valence-corrected chi connectivity index (χ4v) is 2.04. The number of urea groups is 1. The van der Waals surface area contributed by atoms with Gasteiger partial charge in [-0.25, -0.2) is 4.79 Å².